The minimum atomic E-state index is -5.10. The Morgan fingerprint density at radius 2 is 1.94 bits per heavy atom. The quantitative estimate of drug-likeness (QED) is 0.876. The number of anilines is 2. The number of nitrogens with one attached hydrogen (secondary N) is 1. The zero-order chi connectivity index (χ0) is 14.1. The lowest BCUT2D eigenvalue weighted by Crippen LogP contribution is -2.30. The number of thiazole rings is 1. The lowest BCUT2D eigenvalue weighted by Gasteiger charge is -2.07. The van der Waals surface area contributed by atoms with E-state index in [0.717, 1.165) is 0 Å². The van der Waals surface area contributed by atoms with E-state index >= 15 is 0 Å². The van der Waals surface area contributed by atoms with E-state index in [0.29, 0.717) is 11.3 Å². The van der Waals surface area contributed by atoms with E-state index in [1.54, 1.807) is 14.1 Å². The molecule has 0 saturated heterocycles. The number of carboxylic acid groups (broad SMARTS) is 1. The number of rotatable bonds is 3. The normalized spacial score (nSPS) is 11.2. The van der Waals surface area contributed by atoms with Gasteiger partial charge >= 0.3 is 18.1 Å². The van der Waals surface area contributed by atoms with Gasteiger partial charge in [-0.05, 0) is 0 Å². The molecule has 1 rings (SSSR count). The topological polar surface area (TPSA) is 82.5 Å². The third kappa shape index (κ3) is 3.09. The van der Waals surface area contributed by atoms with E-state index in [1.807, 2.05) is 0 Å². The van der Waals surface area contributed by atoms with Crippen molar-refractivity contribution in [2.45, 2.75) is 6.18 Å². The third-order valence-corrected chi connectivity index (χ3v) is 2.89. The maximum absolute atomic E-state index is 12.0. The minimum Gasteiger partial charge on any atom is -0.477 e. The molecule has 1 heterocycles. The first kappa shape index (κ1) is 14.2. The average molecular weight is 283 g/mol. The van der Waals surface area contributed by atoms with Crippen LogP contribution in [0.5, 0.6) is 0 Å². The smallest absolute Gasteiger partial charge is 0.471 e. The Labute approximate surface area is 103 Å². The lowest BCUT2D eigenvalue weighted by atomic mass is 10.4. The van der Waals surface area contributed by atoms with E-state index in [4.69, 9.17) is 5.11 Å². The summed E-state index contributed by atoms with van der Waals surface area (Å²) in [6.07, 6.45) is -5.10. The minimum absolute atomic E-state index is 0.171. The van der Waals surface area contributed by atoms with E-state index in [2.05, 4.69) is 4.98 Å². The van der Waals surface area contributed by atoms with Gasteiger partial charge in [0.2, 0.25) is 0 Å². The van der Waals surface area contributed by atoms with Crippen molar-refractivity contribution in [3.8, 4) is 0 Å². The molecule has 0 aliphatic rings. The third-order valence-electron chi connectivity index (χ3n) is 1.68. The molecule has 18 heavy (non-hydrogen) atoms. The first-order valence-electron chi connectivity index (χ1n) is 4.42. The fourth-order valence-corrected chi connectivity index (χ4v) is 1.69. The van der Waals surface area contributed by atoms with Crippen LogP contribution < -0.4 is 10.2 Å². The van der Waals surface area contributed by atoms with Crippen LogP contribution in [0.3, 0.4) is 0 Å². The van der Waals surface area contributed by atoms with Crippen LogP contribution >= 0.6 is 11.3 Å². The molecule has 0 aromatic carbocycles. The molecular weight excluding hydrogens is 275 g/mol. The number of hydrogen-bond donors (Lipinski definition) is 2. The molecule has 0 radical (unpaired) electrons. The van der Waals surface area contributed by atoms with Crippen LogP contribution in [0.25, 0.3) is 0 Å². The van der Waals surface area contributed by atoms with Gasteiger partial charge in [-0.1, -0.05) is 11.3 Å². The molecule has 0 unspecified atom stereocenters. The van der Waals surface area contributed by atoms with Crippen LogP contribution in [-0.4, -0.2) is 42.2 Å². The molecule has 2 N–H and O–H groups in total. The van der Waals surface area contributed by atoms with Gasteiger partial charge in [-0.3, -0.25) is 4.79 Å². The maximum atomic E-state index is 12.0. The highest BCUT2D eigenvalue weighted by Gasteiger charge is 2.40. The molecule has 0 spiro atoms. The fourth-order valence-electron chi connectivity index (χ4n) is 0.908. The van der Waals surface area contributed by atoms with Gasteiger partial charge in [-0.15, -0.1) is 0 Å². The van der Waals surface area contributed by atoms with Crippen molar-refractivity contribution in [3.63, 3.8) is 0 Å². The SMILES string of the molecule is CN(C)c1nc(NC(=O)C(F)(F)F)c(C(=O)O)s1. The van der Waals surface area contributed by atoms with Gasteiger partial charge in [0.05, 0.1) is 0 Å². The van der Waals surface area contributed by atoms with Crippen molar-refractivity contribution in [1.29, 1.82) is 0 Å². The number of aromatic carboxylic acids is 1. The molecule has 1 aromatic rings. The fraction of sp³-hybridized carbons (Fsp3) is 0.375. The van der Waals surface area contributed by atoms with Gasteiger partial charge in [-0.2, -0.15) is 13.2 Å². The van der Waals surface area contributed by atoms with Crippen LogP contribution in [0.4, 0.5) is 24.1 Å². The highest BCUT2D eigenvalue weighted by Crippen LogP contribution is 2.29. The van der Waals surface area contributed by atoms with Crippen LogP contribution in [-0.2, 0) is 4.79 Å². The number of alkyl halides is 3. The molecule has 0 saturated carbocycles. The van der Waals surface area contributed by atoms with Crippen molar-refractivity contribution in [1.82, 2.24) is 4.98 Å². The van der Waals surface area contributed by atoms with E-state index < -0.39 is 28.7 Å². The number of hydrogen-bond acceptors (Lipinski definition) is 5. The summed E-state index contributed by atoms with van der Waals surface area (Å²) in [4.78, 5) is 26.1. The van der Waals surface area contributed by atoms with Crippen molar-refractivity contribution < 1.29 is 27.9 Å². The van der Waals surface area contributed by atoms with Gasteiger partial charge < -0.3 is 15.3 Å². The van der Waals surface area contributed by atoms with Gasteiger partial charge in [-0.25, -0.2) is 9.78 Å². The Bertz CT molecular complexity index is 484. The number of carboxylic acids is 1. The molecule has 0 fully saturated rings. The van der Waals surface area contributed by atoms with Crippen LogP contribution in [0.15, 0.2) is 0 Å². The predicted octanol–water partition coefficient (Wildman–Crippen LogP) is 1.41. The Kier molecular flexibility index (Phi) is 3.79. The van der Waals surface area contributed by atoms with Gasteiger partial charge in [0.25, 0.3) is 0 Å². The second-order valence-electron chi connectivity index (χ2n) is 3.33. The lowest BCUT2D eigenvalue weighted by molar-refractivity contribution is -0.167. The second kappa shape index (κ2) is 4.80. The zero-order valence-corrected chi connectivity index (χ0v) is 10.0. The van der Waals surface area contributed by atoms with Crippen LogP contribution in [0.1, 0.15) is 9.67 Å². The zero-order valence-electron chi connectivity index (χ0n) is 9.20. The van der Waals surface area contributed by atoms with Gasteiger partial charge in [0.15, 0.2) is 15.8 Å². The van der Waals surface area contributed by atoms with Crippen molar-refractivity contribution in [2.24, 2.45) is 0 Å². The first-order chi connectivity index (χ1) is 8.12. The summed E-state index contributed by atoms with van der Waals surface area (Å²) >= 11 is 0.662. The largest absolute Gasteiger partial charge is 0.477 e. The summed E-state index contributed by atoms with van der Waals surface area (Å²) in [5.74, 6) is -4.34. The Morgan fingerprint density at radius 3 is 2.33 bits per heavy atom. The molecule has 0 bridgehead atoms. The summed E-state index contributed by atoms with van der Waals surface area (Å²) in [6, 6.07) is 0. The highest BCUT2D eigenvalue weighted by atomic mass is 32.1. The second-order valence-corrected chi connectivity index (χ2v) is 4.30. The Morgan fingerprint density at radius 1 is 1.39 bits per heavy atom. The number of carbonyl (C=O) groups excluding carboxylic acids is 1. The molecule has 6 nitrogen and oxygen atoms in total. The standard InChI is InChI=1S/C8H8F3N3O3S/c1-14(2)7-13-4(3(18-7)5(15)16)12-6(17)8(9,10)11/h1-2H3,(H,12,17)(H,15,16). The highest BCUT2D eigenvalue weighted by molar-refractivity contribution is 7.18. The molecule has 10 heteroatoms. The Balaban J connectivity index is 3.08. The van der Waals surface area contributed by atoms with E-state index in [-0.39, 0.29) is 5.13 Å². The van der Waals surface area contributed by atoms with Crippen LogP contribution in [0, 0.1) is 0 Å². The summed E-state index contributed by atoms with van der Waals surface area (Å²) in [7, 11) is 3.08. The monoisotopic (exact) mass is 283 g/mol. The molecule has 100 valence electrons. The molecule has 1 amide bonds. The van der Waals surface area contributed by atoms with E-state index in [9.17, 15) is 22.8 Å². The molecular formula is C8H8F3N3O3S. The van der Waals surface area contributed by atoms with E-state index in [1.165, 1.54) is 10.2 Å². The summed E-state index contributed by atoms with van der Waals surface area (Å²) in [5.41, 5.74) is 0. The molecule has 0 aliphatic heterocycles. The summed E-state index contributed by atoms with van der Waals surface area (Å²) in [5, 5.41) is 10.4. The summed E-state index contributed by atoms with van der Waals surface area (Å²) < 4.78 is 36.1. The average Bonchev–Trinajstić information content (AvgIpc) is 2.60. The Hall–Kier alpha value is -1.84. The van der Waals surface area contributed by atoms with Crippen molar-refractivity contribution in [2.75, 3.05) is 24.3 Å². The first-order valence-corrected chi connectivity index (χ1v) is 5.24. The maximum Gasteiger partial charge on any atom is 0.471 e. The molecule has 1 aromatic heterocycles. The number of amides is 1. The number of aromatic nitrogens is 1. The molecule has 0 atom stereocenters. The number of carbonyl (C=O) groups is 2. The number of nitrogens with zero attached hydrogens (tertiary/aromatic N) is 2. The predicted molar refractivity (Wildman–Crippen MR) is 58.1 cm³/mol. The van der Waals surface area contributed by atoms with Gasteiger partial charge in [0, 0.05) is 14.1 Å². The van der Waals surface area contributed by atoms with Crippen molar-refractivity contribution >= 4 is 34.2 Å². The van der Waals surface area contributed by atoms with Crippen molar-refractivity contribution in [3.05, 3.63) is 4.88 Å². The molecule has 0 aliphatic carbocycles. The van der Waals surface area contributed by atoms with Crippen LogP contribution in [0.2, 0.25) is 0 Å². The number of halogens is 3. The van der Waals surface area contributed by atoms with Gasteiger partial charge in [0.1, 0.15) is 0 Å². The summed E-state index contributed by atoms with van der Waals surface area (Å²) in [6.45, 7) is 0.